The third kappa shape index (κ3) is 4.59. The lowest BCUT2D eigenvalue weighted by atomic mass is 9.79. The summed E-state index contributed by atoms with van der Waals surface area (Å²) in [4.78, 5) is 22.7. The highest BCUT2D eigenvalue weighted by Gasteiger charge is 2.31. The Morgan fingerprint density at radius 1 is 1.14 bits per heavy atom. The Morgan fingerprint density at radius 2 is 1.90 bits per heavy atom. The molecule has 2 amide bonds. The van der Waals surface area contributed by atoms with Gasteiger partial charge in [0.05, 0.1) is 6.10 Å². The molecule has 1 saturated heterocycles. The summed E-state index contributed by atoms with van der Waals surface area (Å²) in [6.45, 7) is 4.86. The van der Waals surface area contributed by atoms with Gasteiger partial charge in [-0.1, -0.05) is 13.8 Å². The second kappa shape index (κ2) is 7.11. The van der Waals surface area contributed by atoms with Crippen molar-refractivity contribution in [1.82, 2.24) is 10.6 Å². The molecule has 2 rings (SSSR count). The highest BCUT2D eigenvalue weighted by molar-refractivity contribution is 5.74. The monoisotopic (exact) mass is 298 g/mol. The molecule has 0 spiro atoms. The summed E-state index contributed by atoms with van der Waals surface area (Å²) in [5, 5.41) is 14.6. The van der Waals surface area contributed by atoms with Crippen LogP contribution in [0, 0.1) is 11.8 Å². The van der Waals surface area contributed by atoms with Crippen molar-refractivity contribution in [2.45, 2.75) is 64.2 Å². The van der Waals surface area contributed by atoms with Crippen LogP contribution < -0.4 is 10.6 Å². The van der Waals surface area contributed by atoms with Gasteiger partial charge in [0.25, 0.3) is 0 Å². The van der Waals surface area contributed by atoms with E-state index >= 15 is 0 Å². The van der Waals surface area contributed by atoms with Gasteiger partial charge in [-0.25, -0.2) is 9.59 Å². The number of hydrogen-bond donors (Lipinski definition) is 3. The second-order valence-electron chi connectivity index (χ2n) is 6.48. The average molecular weight is 298 g/mol. The van der Waals surface area contributed by atoms with Crippen LogP contribution in [0.3, 0.4) is 0 Å². The van der Waals surface area contributed by atoms with Gasteiger partial charge >= 0.3 is 12.0 Å². The Labute approximate surface area is 125 Å². The van der Waals surface area contributed by atoms with E-state index < -0.39 is 12.1 Å². The van der Waals surface area contributed by atoms with Crippen molar-refractivity contribution >= 4 is 12.0 Å². The number of amides is 2. The molecule has 5 unspecified atom stereocenters. The number of hydrogen-bond acceptors (Lipinski definition) is 3. The molecule has 0 bridgehead atoms. The van der Waals surface area contributed by atoms with E-state index in [1.807, 2.05) is 0 Å². The molecule has 1 heterocycles. The topological polar surface area (TPSA) is 87.7 Å². The SMILES string of the molecule is CC1CCC(NC(=O)NCC2CCC(C(=O)O)O2)CC1C. The molecule has 2 fully saturated rings. The highest BCUT2D eigenvalue weighted by Crippen LogP contribution is 2.29. The van der Waals surface area contributed by atoms with E-state index in [4.69, 9.17) is 9.84 Å². The minimum atomic E-state index is -0.924. The molecule has 1 saturated carbocycles. The maximum atomic E-state index is 11.9. The van der Waals surface area contributed by atoms with E-state index in [0.717, 1.165) is 25.2 Å². The van der Waals surface area contributed by atoms with Crippen molar-refractivity contribution in [3.63, 3.8) is 0 Å². The highest BCUT2D eigenvalue weighted by atomic mass is 16.5. The molecular weight excluding hydrogens is 272 g/mol. The summed E-state index contributed by atoms with van der Waals surface area (Å²) in [6, 6.07) is 0.0663. The fourth-order valence-electron chi connectivity index (χ4n) is 3.16. The molecular formula is C15H26N2O4. The number of aliphatic carboxylic acids is 1. The smallest absolute Gasteiger partial charge is 0.332 e. The van der Waals surface area contributed by atoms with Gasteiger partial charge in [0.1, 0.15) is 0 Å². The summed E-state index contributed by atoms with van der Waals surface area (Å²) in [5.74, 6) is 0.441. The van der Waals surface area contributed by atoms with Gasteiger partial charge in [0.15, 0.2) is 6.10 Å². The van der Waals surface area contributed by atoms with E-state index in [9.17, 15) is 9.59 Å². The zero-order valence-corrected chi connectivity index (χ0v) is 12.8. The minimum absolute atomic E-state index is 0.177. The van der Waals surface area contributed by atoms with E-state index in [-0.39, 0.29) is 18.2 Å². The van der Waals surface area contributed by atoms with Crippen LogP contribution in [0.25, 0.3) is 0 Å². The lowest BCUT2D eigenvalue weighted by Crippen LogP contribution is -2.46. The fraction of sp³-hybridized carbons (Fsp3) is 0.867. The predicted molar refractivity (Wildman–Crippen MR) is 78.0 cm³/mol. The summed E-state index contributed by atoms with van der Waals surface area (Å²) in [5.41, 5.74) is 0. The summed E-state index contributed by atoms with van der Waals surface area (Å²) in [6.07, 6.45) is 3.48. The lowest BCUT2D eigenvalue weighted by Gasteiger charge is -2.32. The van der Waals surface area contributed by atoms with Gasteiger partial charge in [-0.3, -0.25) is 0 Å². The molecule has 5 atom stereocenters. The number of carboxylic acids is 1. The van der Waals surface area contributed by atoms with E-state index in [2.05, 4.69) is 24.5 Å². The summed E-state index contributed by atoms with van der Waals surface area (Å²) >= 11 is 0. The van der Waals surface area contributed by atoms with Crippen molar-refractivity contribution in [1.29, 1.82) is 0 Å². The third-order valence-electron chi connectivity index (χ3n) is 4.81. The van der Waals surface area contributed by atoms with E-state index in [1.165, 1.54) is 0 Å². The number of ether oxygens (including phenoxy) is 1. The molecule has 2 aliphatic rings. The fourth-order valence-corrected chi connectivity index (χ4v) is 3.16. The van der Waals surface area contributed by atoms with Crippen LogP contribution in [0.4, 0.5) is 4.79 Å². The number of urea groups is 1. The molecule has 6 heteroatoms. The first kappa shape index (κ1) is 16.1. The lowest BCUT2D eigenvalue weighted by molar-refractivity contribution is -0.149. The molecule has 1 aliphatic heterocycles. The minimum Gasteiger partial charge on any atom is -0.479 e. The quantitative estimate of drug-likeness (QED) is 0.738. The zero-order valence-electron chi connectivity index (χ0n) is 12.8. The standard InChI is InChI=1S/C15H26N2O4/c1-9-3-4-11(7-10(9)2)17-15(20)16-8-12-5-6-13(21-12)14(18)19/h9-13H,3-8H2,1-2H3,(H,18,19)(H2,16,17,20). The Kier molecular flexibility index (Phi) is 5.45. The molecule has 21 heavy (non-hydrogen) atoms. The Hall–Kier alpha value is -1.30. The number of carbonyl (C=O) groups excluding carboxylic acids is 1. The molecule has 0 radical (unpaired) electrons. The van der Waals surface area contributed by atoms with Gasteiger partial charge < -0.3 is 20.5 Å². The maximum absolute atomic E-state index is 11.9. The van der Waals surface area contributed by atoms with Crippen LogP contribution in [0.15, 0.2) is 0 Å². The van der Waals surface area contributed by atoms with E-state index in [1.54, 1.807) is 0 Å². The maximum Gasteiger partial charge on any atom is 0.332 e. The molecule has 0 aromatic carbocycles. The zero-order chi connectivity index (χ0) is 15.4. The van der Waals surface area contributed by atoms with Crippen LogP contribution in [-0.2, 0) is 9.53 Å². The molecule has 120 valence electrons. The first-order valence-corrected chi connectivity index (χ1v) is 7.88. The van der Waals surface area contributed by atoms with Gasteiger partial charge in [0, 0.05) is 12.6 Å². The second-order valence-corrected chi connectivity index (χ2v) is 6.48. The van der Waals surface area contributed by atoms with E-state index in [0.29, 0.717) is 25.3 Å². The van der Waals surface area contributed by atoms with Crippen LogP contribution in [0.2, 0.25) is 0 Å². The van der Waals surface area contributed by atoms with Gasteiger partial charge in [-0.15, -0.1) is 0 Å². The van der Waals surface area contributed by atoms with Gasteiger partial charge in [0.2, 0.25) is 0 Å². The van der Waals surface area contributed by atoms with Gasteiger partial charge in [-0.05, 0) is 43.9 Å². The number of nitrogens with one attached hydrogen (secondary N) is 2. The number of carbonyl (C=O) groups is 2. The molecule has 6 nitrogen and oxygen atoms in total. The van der Waals surface area contributed by atoms with Crippen LogP contribution in [-0.4, -0.2) is 41.9 Å². The third-order valence-corrected chi connectivity index (χ3v) is 4.81. The first-order chi connectivity index (χ1) is 9.95. The number of rotatable bonds is 4. The van der Waals surface area contributed by atoms with Crippen molar-refractivity contribution in [2.75, 3.05) is 6.54 Å². The first-order valence-electron chi connectivity index (χ1n) is 7.88. The summed E-state index contributed by atoms with van der Waals surface area (Å²) < 4.78 is 5.35. The summed E-state index contributed by atoms with van der Waals surface area (Å²) in [7, 11) is 0. The Balaban J connectivity index is 1.65. The Bertz CT molecular complexity index is 388. The van der Waals surface area contributed by atoms with Crippen molar-refractivity contribution in [3.05, 3.63) is 0 Å². The molecule has 3 N–H and O–H groups in total. The van der Waals surface area contributed by atoms with Crippen molar-refractivity contribution in [3.8, 4) is 0 Å². The largest absolute Gasteiger partial charge is 0.479 e. The van der Waals surface area contributed by atoms with Crippen LogP contribution >= 0.6 is 0 Å². The normalized spacial score (nSPS) is 36.2. The van der Waals surface area contributed by atoms with Crippen molar-refractivity contribution < 1.29 is 19.4 Å². The van der Waals surface area contributed by atoms with Crippen LogP contribution in [0.5, 0.6) is 0 Å². The molecule has 0 aromatic rings. The van der Waals surface area contributed by atoms with Gasteiger partial charge in [-0.2, -0.15) is 0 Å². The molecule has 0 aromatic heterocycles. The van der Waals surface area contributed by atoms with Crippen molar-refractivity contribution in [2.24, 2.45) is 11.8 Å². The average Bonchev–Trinajstić information content (AvgIpc) is 2.90. The van der Waals surface area contributed by atoms with Crippen LogP contribution in [0.1, 0.15) is 46.0 Å². The predicted octanol–water partition coefficient (Wildman–Crippen LogP) is 1.74. The number of carboxylic acid groups (broad SMARTS) is 1. The molecule has 1 aliphatic carbocycles. The Morgan fingerprint density at radius 3 is 2.52 bits per heavy atom.